The predicted octanol–water partition coefficient (Wildman–Crippen LogP) is 3.96. The first-order chi connectivity index (χ1) is 18.0. The van der Waals surface area contributed by atoms with Gasteiger partial charge in [-0.15, -0.1) is 0 Å². The van der Waals surface area contributed by atoms with Crippen molar-refractivity contribution in [3.05, 3.63) is 23.7 Å². The maximum absolute atomic E-state index is 12.3. The van der Waals surface area contributed by atoms with Crippen LogP contribution in [0.4, 0.5) is 22.2 Å². The van der Waals surface area contributed by atoms with E-state index in [2.05, 4.69) is 45.4 Å². The first-order valence-electron chi connectivity index (χ1n) is 14.1. The molecule has 0 aromatic carbocycles. The van der Waals surface area contributed by atoms with Crippen LogP contribution >= 0.6 is 0 Å². The number of urea groups is 1. The summed E-state index contributed by atoms with van der Waals surface area (Å²) < 4.78 is 2.17. The maximum atomic E-state index is 12.3. The van der Waals surface area contributed by atoms with Gasteiger partial charge >= 0.3 is 6.03 Å². The molecule has 2 aromatic heterocycles. The fraction of sp³-hybridized carbons (Fsp3) is 0.704. The summed E-state index contributed by atoms with van der Waals surface area (Å²) in [6.45, 7) is 5.30. The molecule has 2 unspecified atom stereocenters. The van der Waals surface area contributed by atoms with E-state index in [1.807, 2.05) is 23.0 Å². The van der Waals surface area contributed by atoms with Gasteiger partial charge in [-0.3, -0.25) is 4.68 Å². The summed E-state index contributed by atoms with van der Waals surface area (Å²) in [6.07, 6.45) is 13.4. The molecule has 1 saturated carbocycles. The number of anilines is 3. The zero-order valence-corrected chi connectivity index (χ0v) is 22.5. The van der Waals surface area contributed by atoms with Crippen molar-refractivity contribution in [2.24, 2.45) is 0 Å². The third-order valence-corrected chi connectivity index (χ3v) is 8.86. The highest BCUT2D eigenvalue weighted by molar-refractivity contribution is 5.74. The lowest BCUT2D eigenvalue weighted by Gasteiger charge is -2.36. The Labute approximate surface area is 219 Å². The van der Waals surface area contributed by atoms with Crippen LogP contribution < -0.4 is 10.6 Å². The van der Waals surface area contributed by atoms with E-state index in [4.69, 9.17) is 10.1 Å². The maximum Gasteiger partial charge on any atom is 0.319 e. The number of aromatic nitrogens is 4. The van der Waals surface area contributed by atoms with Crippen molar-refractivity contribution in [2.45, 2.75) is 82.3 Å². The quantitative estimate of drug-likeness (QED) is 0.496. The predicted molar refractivity (Wildman–Crippen MR) is 144 cm³/mol. The fourth-order valence-corrected chi connectivity index (χ4v) is 6.41. The normalized spacial score (nSPS) is 26.1. The summed E-state index contributed by atoms with van der Waals surface area (Å²) in [5.74, 6) is 2.07. The van der Waals surface area contributed by atoms with Crippen LogP contribution in [0.15, 0.2) is 12.4 Å². The number of nitrogens with one attached hydrogen (secondary N) is 2. The molecule has 2 atom stereocenters. The summed E-state index contributed by atoms with van der Waals surface area (Å²) in [7, 11) is 4.16. The zero-order valence-electron chi connectivity index (χ0n) is 22.5. The van der Waals surface area contributed by atoms with Crippen LogP contribution in [0.25, 0.3) is 0 Å². The minimum Gasteiger partial charge on any atom is -0.370 e. The highest BCUT2D eigenvalue weighted by Crippen LogP contribution is 2.43. The standard InChI is InChI=1S/C27H41N9O/c1-18-24(17-36(32-18)22-14-20-8-9-21(15-22)34(20)3)30-26-29-16-23(19-6-7-19)25(31-26)28-10-4-12-35-13-5-11-33(2)27(35)37/h16-17,19-22H,4-15H2,1-3H3,(H2,28,29,30,31). The van der Waals surface area contributed by atoms with E-state index in [0.29, 0.717) is 30.0 Å². The monoisotopic (exact) mass is 507 g/mol. The van der Waals surface area contributed by atoms with E-state index in [9.17, 15) is 4.79 Å². The van der Waals surface area contributed by atoms with Gasteiger partial charge in [-0.05, 0) is 71.3 Å². The number of carbonyl (C=O) groups excluding carboxylic acids is 1. The molecule has 2 bridgehead atoms. The van der Waals surface area contributed by atoms with Crippen LogP contribution in [0.1, 0.15) is 74.6 Å². The number of rotatable bonds is 9. The number of aryl methyl sites for hydroxylation is 1. The van der Waals surface area contributed by atoms with E-state index in [0.717, 1.165) is 56.2 Å². The van der Waals surface area contributed by atoms with Crippen LogP contribution in [-0.4, -0.2) is 92.8 Å². The molecule has 4 fully saturated rings. The second-order valence-corrected chi connectivity index (χ2v) is 11.5. The zero-order chi connectivity index (χ0) is 25.5. The molecule has 6 rings (SSSR count). The van der Waals surface area contributed by atoms with Gasteiger partial charge in [0.15, 0.2) is 0 Å². The van der Waals surface area contributed by atoms with Crippen molar-refractivity contribution in [1.82, 2.24) is 34.4 Å². The minimum atomic E-state index is 0.141. The van der Waals surface area contributed by atoms with Crippen molar-refractivity contribution in [3.8, 4) is 0 Å². The molecule has 200 valence electrons. The molecule has 4 aliphatic rings. The summed E-state index contributed by atoms with van der Waals surface area (Å²) in [6, 6.07) is 1.98. The van der Waals surface area contributed by atoms with Gasteiger partial charge in [-0.1, -0.05) is 0 Å². The molecular formula is C27H41N9O. The van der Waals surface area contributed by atoms with Gasteiger partial charge in [0.1, 0.15) is 5.82 Å². The summed E-state index contributed by atoms with van der Waals surface area (Å²) >= 11 is 0. The van der Waals surface area contributed by atoms with Crippen LogP contribution in [0.5, 0.6) is 0 Å². The molecule has 37 heavy (non-hydrogen) atoms. The Balaban J connectivity index is 1.10. The number of fused-ring (bicyclic) bond motifs is 2. The van der Waals surface area contributed by atoms with Gasteiger partial charge in [0, 0.05) is 63.3 Å². The number of nitrogens with zero attached hydrogens (tertiary/aromatic N) is 7. The summed E-state index contributed by atoms with van der Waals surface area (Å²) in [5.41, 5.74) is 3.16. The van der Waals surface area contributed by atoms with Crippen LogP contribution in [0.2, 0.25) is 0 Å². The number of amides is 2. The average molecular weight is 508 g/mol. The third-order valence-electron chi connectivity index (χ3n) is 8.86. The van der Waals surface area contributed by atoms with E-state index in [1.54, 1.807) is 0 Å². The van der Waals surface area contributed by atoms with Crippen molar-refractivity contribution in [1.29, 1.82) is 0 Å². The number of hydrogen-bond acceptors (Lipinski definition) is 7. The van der Waals surface area contributed by atoms with Gasteiger partial charge in [0.25, 0.3) is 0 Å². The van der Waals surface area contributed by atoms with Crippen molar-refractivity contribution >= 4 is 23.5 Å². The Kier molecular flexibility index (Phi) is 6.69. The number of carbonyl (C=O) groups is 1. The molecule has 0 spiro atoms. The van der Waals surface area contributed by atoms with Crippen molar-refractivity contribution in [2.75, 3.05) is 50.9 Å². The van der Waals surface area contributed by atoms with Gasteiger partial charge in [0.2, 0.25) is 5.95 Å². The van der Waals surface area contributed by atoms with Crippen molar-refractivity contribution < 1.29 is 4.79 Å². The minimum absolute atomic E-state index is 0.141. The largest absolute Gasteiger partial charge is 0.370 e. The highest BCUT2D eigenvalue weighted by atomic mass is 16.2. The Morgan fingerprint density at radius 1 is 1.05 bits per heavy atom. The number of hydrogen-bond donors (Lipinski definition) is 2. The van der Waals surface area contributed by atoms with E-state index < -0.39 is 0 Å². The van der Waals surface area contributed by atoms with Gasteiger partial charge < -0.3 is 25.3 Å². The molecule has 3 saturated heterocycles. The second kappa shape index (κ2) is 10.1. The van der Waals surface area contributed by atoms with E-state index in [-0.39, 0.29) is 6.03 Å². The van der Waals surface area contributed by atoms with Crippen molar-refractivity contribution in [3.63, 3.8) is 0 Å². The van der Waals surface area contributed by atoms with Gasteiger partial charge in [-0.2, -0.15) is 10.1 Å². The summed E-state index contributed by atoms with van der Waals surface area (Å²) in [4.78, 5) is 28.2. The molecule has 10 heteroatoms. The lowest BCUT2D eigenvalue weighted by atomic mass is 9.98. The fourth-order valence-electron chi connectivity index (χ4n) is 6.41. The molecule has 2 amide bonds. The van der Waals surface area contributed by atoms with Gasteiger partial charge in [0.05, 0.1) is 17.4 Å². The molecule has 1 aliphatic carbocycles. The Bertz CT molecular complexity index is 1120. The van der Waals surface area contributed by atoms with Crippen LogP contribution in [0.3, 0.4) is 0 Å². The smallest absolute Gasteiger partial charge is 0.319 e. The average Bonchev–Trinajstić information content (AvgIpc) is 3.64. The highest BCUT2D eigenvalue weighted by Gasteiger charge is 2.39. The molecule has 5 heterocycles. The van der Waals surface area contributed by atoms with Crippen LogP contribution in [-0.2, 0) is 0 Å². The number of piperidine rings is 1. The molecular weight excluding hydrogens is 466 g/mol. The third kappa shape index (κ3) is 5.12. The first kappa shape index (κ1) is 24.5. The van der Waals surface area contributed by atoms with E-state index in [1.165, 1.54) is 44.1 Å². The molecule has 2 N–H and O–H groups in total. The lowest BCUT2D eigenvalue weighted by molar-refractivity contribution is 0.131. The lowest BCUT2D eigenvalue weighted by Crippen LogP contribution is -2.47. The van der Waals surface area contributed by atoms with Gasteiger partial charge in [-0.25, -0.2) is 9.78 Å². The van der Waals surface area contributed by atoms with E-state index >= 15 is 0 Å². The Hall–Kier alpha value is -2.88. The second-order valence-electron chi connectivity index (χ2n) is 11.5. The molecule has 3 aliphatic heterocycles. The Morgan fingerprint density at radius 2 is 1.84 bits per heavy atom. The Morgan fingerprint density at radius 3 is 2.59 bits per heavy atom. The first-order valence-corrected chi connectivity index (χ1v) is 14.1. The summed E-state index contributed by atoms with van der Waals surface area (Å²) in [5, 5.41) is 11.9. The van der Waals surface area contributed by atoms with Crippen LogP contribution in [0, 0.1) is 6.92 Å². The topological polar surface area (TPSA) is 94.5 Å². The SMILES string of the molecule is Cc1nn(C2CC3CCC(C2)N3C)cc1Nc1ncc(C2CC2)c(NCCCN2CCCN(C)C2=O)n1. The molecule has 2 aromatic rings. The molecule has 10 nitrogen and oxygen atoms in total. The molecule has 0 radical (unpaired) electrons.